The quantitative estimate of drug-likeness (QED) is 0.597. The number of nitrogens with zero attached hydrogens (tertiary/aromatic N) is 4. The maximum Gasteiger partial charge on any atom is 0.166 e. The third-order valence-electron chi connectivity index (χ3n) is 4.27. The van der Waals surface area contributed by atoms with Crippen LogP contribution in [0.4, 0.5) is 10.2 Å². The van der Waals surface area contributed by atoms with Gasteiger partial charge in [0.25, 0.3) is 0 Å². The zero-order valence-electron chi connectivity index (χ0n) is 13.9. The monoisotopic (exact) mass is 343 g/mol. The molecule has 0 spiro atoms. The Hall–Kier alpha value is -3.72. The first kappa shape index (κ1) is 15.8. The Morgan fingerprint density at radius 2 is 1.77 bits per heavy atom. The second-order valence-corrected chi connectivity index (χ2v) is 5.87. The molecular formula is C20H14FN5. The summed E-state index contributed by atoms with van der Waals surface area (Å²) in [6, 6.07) is 17.9. The van der Waals surface area contributed by atoms with E-state index in [0.29, 0.717) is 27.9 Å². The van der Waals surface area contributed by atoms with E-state index >= 15 is 0 Å². The molecular weight excluding hydrogens is 329 g/mol. The Labute approximate surface area is 149 Å². The predicted molar refractivity (Wildman–Crippen MR) is 98.1 cm³/mol. The number of halogens is 1. The summed E-state index contributed by atoms with van der Waals surface area (Å²) in [5.41, 5.74) is 8.87. The largest absolute Gasteiger partial charge is 0.383 e. The summed E-state index contributed by atoms with van der Waals surface area (Å²) >= 11 is 0. The molecule has 0 radical (unpaired) electrons. The van der Waals surface area contributed by atoms with Gasteiger partial charge in [-0.05, 0) is 25.1 Å². The number of hydrogen-bond donors (Lipinski definition) is 1. The minimum Gasteiger partial charge on any atom is -0.383 e. The summed E-state index contributed by atoms with van der Waals surface area (Å²) in [6.45, 7) is 1.81. The van der Waals surface area contributed by atoms with Crippen molar-refractivity contribution in [3.8, 4) is 22.9 Å². The molecule has 4 aromatic rings. The summed E-state index contributed by atoms with van der Waals surface area (Å²) in [5, 5.41) is 14.8. The Kier molecular flexibility index (Phi) is 3.63. The van der Waals surface area contributed by atoms with Gasteiger partial charge in [0.05, 0.1) is 16.8 Å². The van der Waals surface area contributed by atoms with Gasteiger partial charge in [-0.2, -0.15) is 10.4 Å². The first-order valence-electron chi connectivity index (χ1n) is 8.01. The summed E-state index contributed by atoms with van der Waals surface area (Å²) in [4.78, 5) is 4.39. The van der Waals surface area contributed by atoms with Crippen LogP contribution in [0.3, 0.4) is 0 Å². The average Bonchev–Trinajstić information content (AvgIpc) is 2.98. The molecule has 0 aliphatic heterocycles. The van der Waals surface area contributed by atoms with Crippen LogP contribution >= 0.6 is 0 Å². The molecule has 126 valence electrons. The molecule has 6 heteroatoms. The van der Waals surface area contributed by atoms with Gasteiger partial charge in [0.15, 0.2) is 5.65 Å². The maximum absolute atomic E-state index is 14.5. The Morgan fingerprint density at radius 1 is 1.08 bits per heavy atom. The van der Waals surface area contributed by atoms with Gasteiger partial charge in [0, 0.05) is 11.1 Å². The van der Waals surface area contributed by atoms with Crippen LogP contribution in [-0.4, -0.2) is 14.8 Å². The molecule has 4 rings (SSSR count). The number of aromatic nitrogens is 3. The van der Waals surface area contributed by atoms with Gasteiger partial charge in [-0.3, -0.25) is 0 Å². The van der Waals surface area contributed by atoms with Crippen molar-refractivity contribution in [3.05, 3.63) is 71.7 Å². The number of para-hydroxylation sites is 1. The van der Waals surface area contributed by atoms with Gasteiger partial charge in [-0.25, -0.2) is 14.1 Å². The molecule has 0 saturated carbocycles. The van der Waals surface area contributed by atoms with Gasteiger partial charge in [0.1, 0.15) is 23.3 Å². The minimum absolute atomic E-state index is 0.0512. The fourth-order valence-electron chi connectivity index (χ4n) is 3.13. The fraction of sp³-hybridized carbons (Fsp3) is 0.0500. The highest BCUT2D eigenvalue weighted by Crippen LogP contribution is 2.37. The standard InChI is InChI=1S/C20H14FN5/c1-12-17-18(14-9-5-6-10-16(14)21)15(11-22)19(23)24-20(17)26(25-12)13-7-3-2-4-8-13/h2-10H,1H3,(H2,23,24). The molecule has 0 amide bonds. The SMILES string of the molecule is Cc1nn(-c2ccccc2)c2nc(N)c(C#N)c(-c3ccccc3F)c12. The number of pyridine rings is 1. The third kappa shape index (κ3) is 2.30. The van der Waals surface area contributed by atoms with Crippen molar-refractivity contribution in [2.75, 3.05) is 5.73 Å². The summed E-state index contributed by atoms with van der Waals surface area (Å²) in [5.74, 6) is -0.377. The molecule has 2 aromatic carbocycles. The molecule has 2 aromatic heterocycles. The van der Waals surface area contributed by atoms with E-state index < -0.39 is 5.82 Å². The molecule has 0 atom stereocenters. The van der Waals surface area contributed by atoms with Crippen LogP contribution in [0.2, 0.25) is 0 Å². The Balaban J connectivity index is 2.16. The molecule has 0 bridgehead atoms. The summed E-state index contributed by atoms with van der Waals surface area (Å²) < 4.78 is 16.2. The van der Waals surface area contributed by atoms with E-state index in [1.54, 1.807) is 22.9 Å². The van der Waals surface area contributed by atoms with Crippen molar-refractivity contribution in [1.82, 2.24) is 14.8 Å². The van der Waals surface area contributed by atoms with Crippen LogP contribution in [0.5, 0.6) is 0 Å². The summed E-state index contributed by atoms with van der Waals surface area (Å²) in [7, 11) is 0. The zero-order valence-corrected chi connectivity index (χ0v) is 13.9. The number of aryl methyl sites for hydroxylation is 1. The van der Waals surface area contributed by atoms with Gasteiger partial charge < -0.3 is 5.73 Å². The van der Waals surface area contributed by atoms with Gasteiger partial charge in [0.2, 0.25) is 0 Å². The van der Waals surface area contributed by atoms with E-state index in [1.165, 1.54) is 6.07 Å². The molecule has 5 nitrogen and oxygen atoms in total. The van der Waals surface area contributed by atoms with Crippen molar-refractivity contribution >= 4 is 16.9 Å². The van der Waals surface area contributed by atoms with Crippen LogP contribution in [0.1, 0.15) is 11.3 Å². The molecule has 0 saturated heterocycles. The number of nitriles is 1. The van der Waals surface area contributed by atoms with Crippen LogP contribution in [0.25, 0.3) is 27.8 Å². The minimum atomic E-state index is -0.428. The number of fused-ring (bicyclic) bond motifs is 1. The van der Waals surface area contributed by atoms with Gasteiger partial charge >= 0.3 is 0 Å². The van der Waals surface area contributed by atoms with Crippen LogP contribution < -0.4 is 5.73 Å². The molecule has 2 N–H and O–H groups in total. The molecule has 26 heavy (non-hydrogen) atoms. The number of rotatable bonds is 2. The lowest BCUT2D eigenvalue weighted by atomic mass is 9.96. The maximum atomic E-state index is 14.5. The van der Waals surface area contributed by atoms with Crippen LogP contribution in [-0.2, 0) is 0 Å². The van der Waals surface area contributed by atoms with Crippen molar-refractivity contribution in [2.24, 2.45) is 0 Å². The smallest absolute Gasteiger partial charge is 0.166 e. The van der Waals surface area contributed by atoms with E-state index in [0.717, 1.165) is 5.69 Å². The topological polar surface area (TPSA) is 80.5 Å². The van der Waals surface area contributed by atoms with E-state index in [2.05, 4.69) is 16.2 Å². The molecule has 0 aliphatic rings. The van der Waals surface area contributed by atoms with Crippen LogP contribution in [0.15, 0.2) is 54.6 Å². The Morgan fingerprint density at radius 3 is 2.46 bits per heavy atom. The van der Waals surface area contributed by atoms with E-state index in [4.69, 9.17) is 5.73 Å². The normalized spacial score (nSPS) is 10.8. The lowest BCUT2D eigenvalue weighted by molar-refractivity contribution is 0.631. The number of anilines is 1. The van der Waals surface area contributed by atoms with Gasteiger partial charge in [-0.1, -0.05) is 36.4 Å². The highest BCUT2D eigenvalue weighted by atomic mass is 19.1. The molecule has 0 unspecified atom stereocenters. The average molecular weight is 343 g/mol. The fourth-order valence-corrected chi connectivity index (χ4v) is 3.13. The summed E-state index contributed by atoms with van der Waals surface area (Å²) in [6.07, 6.45) is 0. The van der Waals surface area contributed by atoms with E-state index in [1.807, 2.05) is 37.3 Å². The van der Waals surface area contributed by atoms with Crippen molar-refractivity contribution in [3.63, 3.8) is 0 Å². The van der Waals surface area contributed by atoms with E-state index in [-0.39, 0.29) is 11.4 Å². The third-order valence-corrected chi connectivity index (χ3v) is 4.27. The lowest BCUT2D eigenvalue weighted by Crippen LogP contribution is -2.03. The number of nitrogen functional groups attached to an aromatic ring is 1. The molecule has 0 fully saturated rings. The van der Waals surface area contributed by atoms with Crippen molar-refractivity contribution in [1.29, 1.82) is 5.26 Å². The predicted octanol–water partition coefficient (Wildman–Crippen LogP) is 3.99. The van der Waals surface area contributed by atoms with Crippen LogP contribution in [0, 0.1) is 24.1 Å². The Bertz CT molecular complexity index is 1170. The number of benzene rings is 2. The first-order chi connectivity index (χ1) is 12.6. The molecule has 0 aliphatic carbocycles. The zero-order chi connectivity index (χ0) is 18.3. The molecule has 2 heterocycles. The van der Waals surface area contributed by atoms with Crippen molar-refractivity contribution in [2.45, 2.75) is 6.92 Å². The number of hydrogen-bond acceptors (Lipinski definition) is 4. The highest BCUT2D eigenvalue weighted by Gasteiger charge is 2.23. The second-order valence-electron chi connectivity index (χ2n) is 5.87. The van der Waals surface area contributed by atoms with E-state index in [9.17, 15) is 9.65 Å². The first-order valence-corrected chi connectivity index (χ1v) is 8.01. The highest BCUT2D eigenvalue weighted by molar-refractivity contribution is 6.00. The van der Waals surface area contributed by atoms with Crippen molar-refractivity contribution < 1.29 is 4.39 Å². The second kappa shape index (κ2) is 5.97. The number of nitrogens with two attached hydrogens (primary N) is 1. The lowest BCUT2D eigenvalue weighted by Gasteiger charge is -2.10. The van der Waals surface area contributed by atoms with Gasteiger partial charge in [-0.15, -0.1) is 0 Å².